The minimum absolute atomic E-state index is 0.440. The molecule has 0 saturated carbocycles. The number of imidazole rings is 1. The highest BCUT2D eigenvalue weighted by molar-refractivity contribution is 7.99. The summed E-state index contributed by atoms with van der Waals surface area (Å²) in [6.07, 6.45) is 6.44. The molecule has 1 N–H and O–H groups in total. The lowest BCUT2D eigenvalue weighted by molar-refractivity contribution is 0.370. The van der Waals surface area contributed by atoms with Crippen molar-refractivity contribution in [3.63, 3.8) is 0 Å². The van der Waals surface area contributed by atoms with Gasteiger partial charge in [-0.1, -0.05) is 6.92 Å². The fourth-order valence-electron chi connectivity index (χ4n) is 2.26. The predicted octanol–water partition coefficient (Wildman–Crippen LogP) is 2.21. The molecule has 4 heteroatoms. The van der Waals surface area contributed by atoms with E-state index in [1.807, 2.05) is 12.4 Å². The Morgan fingerprint density at radius 1 is 1.69 bits per heavy atom. The van der Waals surface area contributed by atoms with Gasteiger partial charge in [0.25, 0.3) is 0 Å². The van der Waals surface area contributed by atoms with Gasteiger partial charge in [0.05, 0.1) is 6.04 Å². The Morgan fingerprint density at radius 3 is 3.12 bits per heavy atom. The van der Waals surface area contributed by atoms with Crippen LogP contribution in [0.5, 0.6) is 0 Å². The number of hydrogen-bond acceptors (Lipinski definition) is 3. The molecule has 2 rings (SSSR count). The average Bonchev–Trinajstić information content (AvgIpc) is 2.91. The zero-order valence-corrected chi connectivity index (χ0v) is 11.0. The molecule has 1 aliphatic rings. The Labute approximate surface area is 102 Å². The minimum Gasteiger partial charge on any atom is -0.337 e. The molecule has 1 saturated heterocycles. The van der Waals surface area contributed by atoms with Gasteiger partial charge in [0.15, 0.2) is 0 Å². The Balaban J connectivity index is 2.10. The molecule has 1 aromatic heterocycles. The Morgan fingerprint density at radius 2 is 2.56 bits per heavy atom. The van der Waals surface area contributed by atoms with Crippen molar-refractivity contribution < 1.29 is 0 Å². The number of hydrogen-bond donors (Lipinski definition) is 1. The molecule has 2 heterocycles. The van der Waals surface area contributed by atoms with Crippen LogP contribution in [0.1, 0.15) is 31.6 Å². The van der Waals surface area contributed by atoms with Crippen molar-refractivity contribution >= 4 is 11.8 Å². The molecule has 1 fully saturated rings. The van der Waals surface area contributed by atoms with Gasteiger partial charge < -0.3 is 9.88 Å². The molecule has 2 unspecified atom stereocenters. The lowest BCUT2D eigenvalue weighted by Gasteiger charge is -2.23. The van der Waals surface area contributed by atoms with E-state index in [1.54, 1.807) is 0 Å². The number of nitrogens with one attached hydrogen (secondary N) is 1. The van der Waals surface area contributed by atoms with Crippen molar-refractivity contribution in [3.8, 4) is 0 Å². The average molecular weight is 239 g/mol. The molecular weight excluding hydrogens is 218 g/mol. The van der Waals surface area contributed by atoms with Crippen LogP contribution in [0.3, 0.4) is 0 Å². The number of thioether (sulfide) groups is 1. The standard InChI is InChI=1S/C12H21N3S/c1-3-5-13-11(10-4-8-16-9-10)12-14-6-7-15(12)2/h6-7,10-11,13H,3-5,8-9H2,1-2H3. The van der Waals surface area contributed by atoms with E-state index in [9.17, 15) is 0 Å². The Kier molecular flexibility index (Phi) is 4.29. The van der Waals surface area contributed by atoms with Crippen LogP contribution in [0.15, 0.2) is 12.4 Å². The maximum Gasteiger partial charge on any atom is 0.125 e. The number of rotatable bonds is 5. The van der Waals surface area contributed by atoms with Crippen molar-refractivity contribution in [2.24, 2.45) is 13.0 Å². The second-order valence-electron chi connectivity index (χ2n) is 4.45. The summed E-state index contributed by atoms with van der Waals surface area (Å²) in [4.78, 5) is 4.50. The summed E-state index contributed by atoms with van der Waals surface area (Å²) in [6, 6.07) is 0.440. The maximum atomic E-state index is 4.50. The van der Waals surface area contributed by atoms with Crippen LogP contribution < -0.4 is 5.32 Å². The van der Waals surface area contributed by atoms with E-state index in [1.165, 1.54) is 30.2 Å². The summed E-state index contributed by atoms with van der Waals surface area (Å²) in [5, 5.41) is 3.66. The van der Waals surface area contributed by atoms with Crippen LogP contribution in [0.2, 0.25) is 0 Å². The highest BCUT2D eigenvalue weighted by Gasteiger charge is 2.28. The van der Waals surface area contributed by atoms with Gasteiger partial charge in [-0.3, -0.25) is 0 Å². The minimum atomic E-state index is 0.440. The largest absolute Gasteiger partial charge is 0.337 e. The Bertz CT molecular complexity index is 318. The van der Waals surface area contributed by atoms with E-state index in [0.717, 1.165) is 12.5 Å². The topological polar surface area (TPSA) is 29.9 Å². The van der Waals surface area contributed by atoms with Gasteiger partial charge in [0.2, 0.25) is 0 Å². The van der Waals surface area contributed by atoms with E-state index in [4.69, 9.17) is 0 Å². The molecule has 1 aromatic rings. The van der Waals surface area contributed by atoms with Crippen LogP contribution in [0.25, 0.3) is 0 Å². The van der Waals surface area contributed by atoms with Crippen molar-refractivity contribution in [3.05, 3.63) is 18.2 Å². The molecule has 90 valence electrons. The fraction of sp³-hybridized carbons (Fsp3) is 0.750. The van der Waals surface area contributed by atoms with E-state index >= 15 is 0 Å². The lowest BCUT2D eigenvalue weighted by Crippen LogP contribution is -2.31. The summed E-state index contributed by atoms with van der Waals surface area (Å²) < 4.78 is 2.15. The molecule has 3 nitrogen and oxygen atoms in total. The monoisotopic (exact) mass is 239 g/mol. The molecule has 0 spiro atoms. The summed E-state index contributed by atoms with van der Waals surface area (Å²) in [7, 11) is 2.09. The van der Waals surface area contributed by atoms with Gasteiger partial charge >= 0.3 is 0 Å². The van der Waals surface area contributed by atoms with E-state index < -0.39 is 0 Å². The van der Waals surface area contributed by atoms with Crippen LogP contribution >= 0.6 is 11.8 Å². The van der Waals surface area contributed by atoms with Gasteiger partial charge in [-0.25, -0.2) is 4.98 Å². The quantitative estimate of drug-likeness (QED) is 0.854. The molecule has 0 aromatic carbocycles. The van der Waals surface area contributed by atoms with Crippen LogP contribution in [-0.2, 0) is 7.05 Å². The second kappa shape index (κ2) is 5.73. The van der Waals surface area contributed by atoms with Gasteiger partial charge in [0, 0.05) is 19.4 Å². The lowest BCUT2D eigenvalue weighted by atomic mass is 9.98. The zero-order valence-electron chi connectivity index (χ0n) is 10.1. The van der Waals surface area contributed by atoms with Crippen molar-refractivity contribution in [2.75, 3.05) is 18.1 Å². The second-order valence-corrected chi connectivity index (χ2v) is 5.60. The first-order chi connectivity index (χ1) is 7.83. The smallest absolute Gasteiger partial charge is 0.125 e. The van der Waals surface area contributed by atoms with Gasteiger partial charge in [-0.2, -0.15) is 11.8 Å². The van der Waals surface area contributed by atoms with Crippen LogP contribution in [0.4, 0.5) is 0 Å². The highest BCUT2D eigenvalue weighted by Crippen LogP contribution is 2.33. The zero-order chi connectivity index (χ0) is 11.4. The summed E-state index contributed by atoms with van der Waals surface area (Å²) in [5.41, 5.74) is 0. The molecule has 2 atom stereocenters. The number of aryl methyl sites for hydroxylation is 1. The molecule has 0 radical (unpaired) electrons. The van der Waals surface area contributed by atoms with Crippen molar-refractivity contribution in [1.29, 1.82) is 0 Å². The summed E-state index contributed by atoms with van der Waals surface area (Å²) in [6.45, 7) is 3.30. The third-order valence-electron chi connectivity index (χ3n) is 3.19. The molecule has 0 bridgehead atoms. The first-order valence-corrected chi connectivity index (χ1v) is 7.26. The first kappa shape index (κ1) is 12.0. The fourth-order valence-corrected chi connectivity index (χ4v) is 3.56. The summed E-state index contributed by atoms with van der Waals surface area (Å²) in [5.74, 6) is 4.52. The molecule has 1 aliphatic heterocycles. The molecule has 0 aliphatic carbocycles. The third-order valence-corrected chi connectivity index (χ3v) is 4.38. The normalized spacial score (nSPS) is 22.5. The Hall–Kier alpha value is -0.480. The van der Waals surface area contributed by atoms with E-state index in [-0.39, 0.29) is 0 Å². The highest BCUT2D eigenvalue weighted by atomic mass is 32.2. The van der Waals surface area contributed by atoms with Crippen LogP contribution in [0, 0.1) is 5.92 Å². The molecule has 16 heavy (non-hydrogen) atoms. The van der Waals surface area contributed by atoms with Gasteiger partial charge in [0.1, 0.15) is 5.82 Å². The number of nitrogens with zero attached hydrogens (tertiary/aromatic N) is 2. The SMILES string of the molecule is CCCNC(c1nccn1C)C1CCSC1. The van der Waals surface area contributed by atoms with Crippen molar-refractivity contribution in [1.82, 2.24) is 14.9 Å². The van der Waals surface area contributed by atoms with Gasteiger partial charge in [-0.15, -0.1) is 0 Å². The number of aromatic nitrogens is 2. The summed E-state index contributed by atoms with van der Waals surface area (Å²) >= 11 is 2.07. The van der Waals surface area contributed by atoms with Gasteiger partial charge in [-0.05, 0) is 36.8 Å². The van der Waals surface area contributed by atoms with E-state index in [0.29, 0.717) is 6.04 Å². The van der Waals surface area contributed by atoms with E-state index in [2.05, 4.69) is 40.6 Å². The molecular formula is C12H21N3S. The maximum absolute atomic E-state index is 4.50. The van der Waals surface area contributed by atoms with Crippen molar-refractivity contribution in [2.45, 2.75) is 25.8 Å². The first-order valence-electron chi connectivity index (χ1n) is 6.11. The molecule has 0 amide bonds. The predicted molar refractivity (Wildman–Crippen MR) is 69.7 cm³/mol. The van der Waals surface area contributed by atoms with Crippen LogP contribution in [-0.4, -0.2) is 27.6 Å². The third kappa shape index (κ3) is 2.61.